The summed E-state index contributed by atoms with van der Waals surface area (Å²) in [5, 5.41) is 3.96. The van der Waals surface area contributed by atoms with Crippen molar-refractivity contribution >= 4 is 11.7 Å². The molecule has 144 valence electrons. The number of ether oxygens (including phenoxy) is 1. The van der Waals surface area contributed by atoms with Crippen molar-refractivity contribution < 1.29 is 14.1 Å². The molecule has 28 heavy (non-hydrogen) atoms. The Labute approximate surface area is 162 Å². The highest BCUT2D eigenvalue weighted by Crippen LogP contribution is 2.22. The number of hydrogen-bond donors (Lipinski definition) is 0. The van der Waals surface area contributed by atoms with Crippen LogP contribution in [0.5, 0.6) is 5.88 Å². The lowest BCUT2D eigenvalue weighted by Crippen LogP contribution is -2.49. The summed E-state index contributed by atoms with van der Waals surface area (Å²) >= 11 is 0. The molecule has 1 aliphatic heterocycles. The van der Waals surface area contributed by atoms with E-state index in [4.69, 9.17) is 9.26 Å². The molecule has 4 rings (SSSR count). The van der Waals surface area contributed by atoms with E-state index in [1.54, 1.807) is 18.1 Å². The Bertz CT molecular complexity index is 965. The summed E-state index contributed by atoms with van der Waals surface area (Å²) < 4.78 is 10.6. The molecule has 8 heteroatoms. The van der Waals surface area contributed by atoms with Crippen LogP contribution in [0.15, 0.2) is 47.0 Å². The van der Waals surface area contributed by atoms with E-state index in [0.717, 1.165) is 11.4 Å². The number of piperazine rings is 1. The van der Waals surface area contributed by atoms with Gasteiger partial charge in [-0.05, 0) is 6.92 Å². The normalized spacial score (nSPS) is 14.2. The first kappa shape index (κ1) is 18.0. The van der Waals surface area contributed by atoms with Gasteiger partial charge in [-0.25, -0.2) is 4.98 Å². The summed E-state index contributed by atoms with van der Waals surface area (Å²) in [5.74, 6) is 2.47. The molecule has 0 unspecified atom stereocenters. The molecule has 0 N–H and O–H groups in total. The van der Waals surface area contributed by atoms with Gasteiger partial charge in [0.15, 0.2) is 11.5 Å². The lowest BCUT2D eigenvalue weighted by atomic mass is 10.1. The predicted octanol–water partition coefficient (Wildman–Crippen LogP) is 2.41. The Balaban J connectivity index is 1.42. The van der Waals surface area contributed by atoms with Gasteiger partial charge in [0.25, 0.3) is 5.91 Å². The fourth-order valence-electron chi connectivity index (χ4n) is 3.21. The van der Waals surface area contributed by atoms with Crippen molar-refractivity contribution in [2.75, 3.05) is 38.2 Å². The monoisotopic (exact) mass is 379 g/mol. The Morgan fingerprint density at radius 2 is 1.82 bits per heavy atom. The highest BCUT2D eigenvalue weighted by Gasteiger charge is 2.25. The van der Waals surface area contributed by atoms with Crippen LogP contribution < -0.4 is 9.64 Å². The molecule has 8 nitrogen and oxygen atoms in total. The lowest BCUT2D eigenvalue weighted by molar-refractivity contribution is 0.0736. The van der Waals surface area contributed by atoms with E-state index in [2.05, 4.69) is 20.0 Å². The van der Waals surface area contributed by atoms with E-state index < -0.39 is 0 Å². The average Bonchev–Trinajstić information content (AvgIpc) is 3.24. The molecular weight excluding hydrogens is 358 g/mol. The second-order valence-corrected chi connectivity index (χ2v) is 6.54. The summed E-state index contributed by atoms with van der Waals surface area (Å²) in [6, 6.07) is 13.1. The molecule has 3 aromatic rings. The molecule has 1 fully saturated rings. The molecule has 1 aliphatic rings. The summed E-state index contributed by atoms with van der Waals surface area (Å²) in [6.07, 6.45) is 0. The Morgan fingerprint density at radius 3 is 2.54 bits per heavy atom. The molecule has 0 spiro atoms. The molecule has 1 amide bonds. The molecule has 3 heterocycles. The van der Waals surface area contributed by atoms with E-state index in [0.29, 0.717) is 49.3 Å². The van der Waals surface area contributed by atoms with E-state index in [9.17, 15) is 4.79 Å². The van der Waals surface area contributed by atoms with E-state index in [1.807, 2.05) is 43.3 Å². The molecule has 0 radical (unpaired) electrons. The SMILES string of the molecule is COc1cc(N2CCN(C(=O)c3cc(-c4ccccc4)on3)CC2)nc(C)n1. The largest absolute Gasteiger partial charge is 0.481 e. The number of benzene rings is 1. The number of aryl methyl sites for hydroxylation is 1. The minimum atomic E-state index is -0.123. The van der Waals surface area contributed by atoms with Crippen LogP contribution in [0.2, 0.25) is 0 Å². The second-order valence-electron chi connectivity index (χ2n) is 6.54. The average molecular weight is 379 g/mol. The fraction of sp³-hybridized carbons (Fsp3) is 0.300. The van der Waals surface area contributed by atoms with E-state index in [-0.39, 0.29) is 5.91 Å². The third kappa shape index (κ3) is 3.66. The fourth-order valence-corrected chi connectivity index (χ4v) is 3.21. The summed E-state index contributed by atoms with van der Waals surface area (Å²) in [7, 11) is 1.59. The first-order chi connectivity index (χ1) is 13.6. The predicted molar refractivity (Wildman–Crippen MR) is 103 cm³/mol. The third-order valence-electron chi connectivity index (χ3n) is 4.69. The highest BCUT2D eigenvalue weighted by molar-refractivity contribution is 5.93. The number of hydrogen-bond acceptors (Lipinski definition) is 7. The second kappa shape index (κ2) is 7.67. The smallest absolute Gasteiger partial charge is 0.276 e. The van der Waals surface area contributed by atoms with Gasteiger partial charge in [0.05, 0.1) is 7.11 Å². The molecule has 2 aromatic heterocycles. The number of anilines is 1. The number of rotatable bonds is 4. The first-order valence-corrected chi connectivity index (χ1v) is 9.10. The Hall–Kier alpha value is -3.42. The van der Waals surface area contributed by atoms with Gasteiger partial charge in [-0.1, -0.05) is 35.5 Å². The maximum atomic E-state index is 12.8. The summed E-state index contributed by atoms with van der Waals surface area (Å²) in [6.45, 7) is 4.35. The standard InChI is InChI=1S/C20H21N5O3/c1-14-21-18(13-19(22-14)27-2)24-8-10-25(11-9-24)20(26)16-12-17(28-23-16)15-6-4-3-5-7-15/h3-7,12-13H,8-11H2,1-2H3. The molecular formula is C20H21N5O3. The minimum absolute atomic E-state index is 0.123. The van der Waals surface area contributed by atoms with Crippen LogP contribution in [0.3, 0.4) is 0 Å². The number of methoxy groups -OCH3 is 1. The van der Waals surface area contributed by atoms with Gasteiger partial charge in [0.1, 0.15) is 11.6 Å². The van der Waals surface area contributed by atoms with Crippen LogP contribution in [0, 0.1) is 6.92 Å². The van der Waals surface area contributed by atoms with Crippen molar-refractivity contribution in [3.8, 4) is 17.2 Å². The quantitative estimate of drug-likeness (QED) is 0.688. The third-order valence-corrected chi connectivity index (χ3v) is 4.69. The summed E-state index contributed by atoms with van der Waals surface area (Å²) in [4.78, 5) is 25.4. The number of nitrogens with zero attached hydrogens (tertiary/aromatic N) is 5. The van der Waals surface area contributed by atoms with Crippen LogP contribution >= 0.6 is 0 Å². The van der Waals surface area contributed by atoms with Gasteiger partial charge >= 0.3 is 0 Å². The highest BCUT2D eigenvalue weighted by atomic mass is 16.5. The number of aromatic nitrogens is 3. The minimum Gasteiger partial charge on any atom is -0.481 e. The van der Waals surface area contributed by atoms with Crippen LogP contribution in [-0.2, 0) is 0 Å². The summed E-state index contributed by atoms with van der Waals surface area (Å²) in [5.41, 5.74) is 1.22. The van der Waals surface area contributed by atoms with Crippen molar-refractivity contribution in [1.82, 2.24) is 20.0 Å². The zero-order valence-electron chi connectivity index (χ0n) is 15.8. The maximum Gasteiger partial charge on any atom is 0.276 e. The van der Waals surface area contributed by atoms with Crippen molar-refractivity contribution in [3.63, 3.8) is 0 Å². The number of carbonyl (C=O) groups excluding carboxylic acids is 1. The van der Waals surface area contributed by atoms with Crippen LogP contribution in [0.1, 0.15) is 16.3 Å². The zero-order chi connectivity index (χ0) is 19.5. The Morgan fingerprint density at radius 1 is 1.07 bits per heavy atom. The first-order valence-electron chi connectivity index (χ1n) is 9.10. The van der Waals surface area contributed by atoms with Crippen molar-refractivity contribution in [1.29, 1.82) is 0 Å². The van der Waals surface area contributed by atoms with Crippen LogP contribution in [-0.4, -0.2) is 59.2 Å². The van der Waals surface area contributed by atoms with Crippen molar-refractivity contribution in [3.05, 3.63) is 54.0 Å². The van der Waals surface area contributed by atoms with Crippen molar-refractivity contribution in [2.45, 2.75) is 6.92 Å². The van der Waals surface area contributed by atoms with Gasteiger partial charge in [0.2, 0.25) is 5.88 Å². The molecule has 0 saturated carbocycles. The molecule has 1 saturated heterocycles. The lowest BCUT2D eigenvalue weighted by Gasteiger charge is -2.35. The Kier molecular flexibility index (Phi) is 4.92. The van der Waals surface area contributed by atoms with Crippen LogP contribution in [0.25, 0.3) is 11.3 Å². The topological polar surface area (TPSA) is 84.6 Å². The van der Waals surface area contributed by atoms with Gasteiger partial charge < -0.3 is 19.1 Å². The number of amides is 1. The molecule has 0 atom stereocenters. The number of carbonyl (C=O) groups is 1. The van der Waals surface area contributed by atoms with E-state index in [1.165, 1.54) is 0 Å². The van der Waals surface area contributed by atoms with E-state index >= 15 is 0 Å². The van der Waals surface area contributed by atoms with Gasteiger partial charge in [-0.15, -0.1) is 0 Å². The van der Waals surface area contributed by atoms with Gasteiger partial charge in [-0.2, -0.15) is 4.98 Å². The van der Waals surface area contributed by atoms with Crippen LogP contribution in [0.4, 0.5) is 5.82 Å². The molecule has 0 bridgehead atoms. The molecule has 1 aromatic carbocycles. The molecule has 0 aliphatic carbocycles. The zero-order valence-corrected chi connectivity index (χ0v) is 15.8. The maximum absolute atomic E-state index is 12.8. The van der Waals surface area contributed by atoms with Crippen molar-refractivity contribution in [2.24, 2.45) is 0 Å². The van der Waals surface area contributed by atoms with Gasteiger partial charge in [0, 0.05) is 43.9 Å². The van der Waals surface area contributed by atoms with Gasteiger partial charge in [-0.3, -0.25) is 4.79 Å².